The first kappa shape index (κ1) is 27.4. The van der Waals surface area contributed by atoms with Crippen molar-refractivity contribution >= 4 is 16.6 Å². The van der Waals surface area contributed by atoms with Crippen LogP contribution >= 0.6 is 0 Å². The fourth-order valence-electron chi connectivity index (χ4n) is 4.22. The lowest BCUT2D eigenvalue weighted by Gasteiger charge is -2.34. The van der Waals surface area contributed by atoms with E-state index in [9.17, 15) is 0 Å². The Kier molecular flexibility index (Phi) is 17.5. The van der Waals surface area contributed by atoms with Crippen molar-refractivity contribution in [3.63, 3.8) is 0 Å². The standard InChI is InChI=1S/C24H54OSi2/c1-7-9-11-13-15-16-18-20-22-24-27(5,6)25-26(3,4)23-21-19-17-14-12-10-8-2/h7-24H2,1-6H3. The highest BCUT2D eigenvalue weighted by atomic mass is 28.4. The van der Waals surface area contributed by atoms with E-state index in [0.717, 1.165) is 0 Å². The molecule has 164 valence electrons. The smallest absolute Gasteiger partial charge is 0.173 e. The molecule has 0 aromatic rings. The van der Waals surface area contributed by atoms with Gasteiger partial charge >= 0.3 is 0 Å². The second-order valence-electron chi connectivity index (χ2n) is 10.1. The van der Waals surface area contributed by atoms with Crippen molar-refractivity contribution in [1.29, 1.82) is 0 Å². The van der Waals surface area contributed by atoms with Crippen LogP contribution in [0.15, 0.2) is 0 Å². The second kappa shape index (κ2) is 17.3. The number of hydrogen-bond acceptors (Lipinski definition) is 1. The maximum absolute atomic E-state index is 6.82. The fourth-order valence-corrected chi connectivity index (χ4v) is 13.2. The van der Waals surface area contributed by atoms with Gasteiger partial charge in [0.2, 0.25) is 0 Å². The van der Waals surface area contributed by atoms with Crippen LogP contribution in [0.1, 0.15) is 117 Å². The minimum Gasteiger partial charge on any atom is -0.455 e. The topological polar surface area (TPSA) is 9.23 Å². The zero-order chi connectivity index (χ0) is 20.4. The minimum atomic E-state index is -1.45. The number of hydrogen-bond donors (Lipinski definition) is 0. The summed E-state index contributed by atoms with van der Waals surface area (Å²) in [6.07, 6.45) is 22.8. The first-order valence-corrected chi connectivity index (χ1v) is 18.8. The molecule has 0 unspecified atom stereocenters. The van der Waals surface area contributed by atoms with Crippen molar-refractivity contribution in [2.45, 2.75) is 155 Å². The van der Waals surface area contributed by atoms with E-state index in [-0.39, 0.29) is 0 Å². The third-order valence-electron chi connectivity index (χ3n) is 5.82. The summed E-state index contributed by atoms with van der Waals surface area (Å²) in [7, 11) is -2.90. The third kappa shape index (κ3) is 19.5. The molecule has 0 bridgehead atoms. The van der Waals surface area contributed by atoms with Crippen molar-refractivity contribution in [2.24, 2.45) is 0 Å². The van der Waals surface area contributed by atoms with E-state index in [4.69, 9.17) is 4.12 Å². The van der Waals surface area contributed by atoms with Crippen LogP contribution in [0, 0.1) is 0 Å². The van der Waals surface area contributed by atoms with Gasteiger partial charge < -0.3 is 4.12 Å². The molecule has 0 aliphatic carbocycles. The molecule has 0 saturated heterocycles. The highest BCUT2D eigenvalue weighted by Gasteiger charge is 2.32. The van der Waals surface area contributed by atoms with E-state index in [1.54, 1.807) is 0 Å². The highest BCUT2D eigenvalue weighted by molar-refractivity contribution is 6.84. The molecule has 0 amide bonds. The van der Waals surface area contributed by atoms with Crippen molar-refractivity contribution in [3.05, 3.63) is 0 Å². The van der Waals surface area contributed by atoms with Gasteiger partial charge in [0, 0.05) is 0 Å². The molecule has 0 aromatic carbocycles. The molecule has 0 radical (unpaired) electrons. The van der Waals surface area contributed by atoms with Crippen LogP contribution in [0.3, 0.4) is 0 Å². The molecule has 0 atom stereocenters. The summed E-state index contributed by atoms with van der Waals surface area (Å²) in [6, 6.07) is 2.74. The van der Waals surface area contributed by atoms with Gasteiger partial charge in [0.15, 0.2) is 16.6 Å². The molecule has 1 nitrogen and oxygen atoms in total. The average molecular weight is 415 g/mol. The third-order valence-corrected chi connectivity index (χ3v) is 13.4. The van der Waals surface area contributed by atoms with Gasteiger partial charge in [-0.25, -0.2) is 0 Å². The van der Waals surface area contributed by atoms with E-state index >= 15 is 0 Å². The predicted molar refractivity (Wildman–Crippen MR) is 131 cm³/mol. The van der Waals surface area contributed by atoms with Gasteiger partial charge in [-0.05, 0) is 38.3 Å². The van der Waals surface area contributed by atoms with Gasteiger partial charge in [-0.3, -0.25) is 0 Å². The first-order valence-electron chi connectivity index (χ1n) is 12.5. The van der Waals surface area contributed by atoms with E-state index in [2.05, 4.69) is 40.0 Å². The molecule has 0 aliphatic rings. The Morgan fingerprint density at radius 3 is 0.963 bits per heavy atom. The first-order chi connectivity index (χ1) is 12.8. The molecule has 0 rings (SSSR count). The number of rotatable bonds is 20. The van der Waals surface area contributed by atoms with Crippen molar-refractivity contribution in [1.82, 2.24) is 0 Å². The highest BCUT2D eigenvalue weighted by Crippen LogP contribution is 2.26. The summed E-state index contributed by atoms with van der Waals surface area (Å²) in [4.78, 5) is 0. The fraction of sp³-hybridized carbons (Fsp3) is 1.00. The largest absolute Gasteiger partial charge is 0.455 e. The summed E-state index contributed by atoms with van der Waals surface area (Å²) in [5, 5.41) is 0. The van der Waals surface area contributed by atoms with Crippen LogP contribution < -0.4 is 0 Å². The van der Waals surface area contributed by atoms with Crippen molar-refractivity contribution in [2.75, 3.05) is 0 Å². The molecule has 0 fully saturated rings. The molecular weight excluding hydrogens is 360 g/mol. The van der Waals surface area contributed by atoms with Crippen LogP contribution in [-0.2, 0) is 4.12 Å². The average Bonchev–Trinajstić information content (AvgIpc) is 2.58. The predicted octanol–water partition coefficient (Wildman–Crippen LogP) is 9.69. The monoisotopic (exact) mass is 414 g/mol. The molecule has 0 saturated carbocycles. The van der Waals surface area contributed by atoms with Crippen LogP contribution in [0.4, 0.5) is 0 Å². The van der Waals surface area contributed by atoms with Crippen LogP contribution in [-0.4, -0.2) is 16.6 Å². The Bertz CT molecular complexity index is 316. The zero-order valence-corrected chi connectivity index (χ0v) is 22.1. The molecule has 0 aromatic heterocycles. The molecule has 27 heavy (non-hydrogen) atoms. The lowest BCUT2D eigenvalue weighted by atomic mass is 10.1. The lowest BCUT2D eigenvalue weighted by molar-refractivity contribution is 0.517. The maximum Gasteiger partial charge on any atom is 0.173 e. The Balaban J connectivity index is 3.72. The summed E-state index contributed by atoms with van der Waals surface area (Å²) in [5.74, 6) is 0. The lowest BCUT2D eigenvalue weighted by Crippen LogP contribution is -2.44. The van der Waals surface area contributed by atoms with Gasteiger partial charge in [-0.2, -0.15) is 0 Å². The molecular formula is C24H54OSi2. The van der Waals surface area contributed by atoms with E-state index in [1.807, 2.05) is 0 Å². The van der Waals surface area contributed by atoms with Gasteiger partial charge in [0.1, 0.15) is 0 Å². The molecule has 0 heterocycles. The van der Waals surface area contributed by atoms with Gasteiger partial charge in [-0.15, -0.1) is 0 Å². The second-order valence-corrected chi connectivity index (χ2v) is 18.9. The molecule has 3 heteroatoms. The quantitative estimate of drug-likeness (QED) is 0.142. The minimum absolute atomic E-state index is 1.35. The normalized spacial score (nSPS) is 12.7. The summed E-state index contributed by atoms with van der Waals surface area (Å²) < 4.78 is 6.82. The van der Waals surface area contributed by atoms with Crippen LogP contribution in [0.25, 0.3) is 0 Å². The number of unbranched alkanes of at least 4 members (excludes halogenated alkanes) is 14. The van der Waals surface area contributed by atoms with E-state index in [1.165, 1.54) is 115 Å². The van der Waals surface area contributed by atoms with Crippen molar-refractivity contribution < 1.29 is 4.12 Å². The van der Waals surface area contributed by atoms with Crippen molar-refractivity contribution in [3.8, 4) is 0 Å². The Hall–Kier alpha value is 0.394. The molecule has 0 N–H and O–H groups in total. The Morgan fingerprint density at radius 1 is 0.407 bits per heavy atom. The molecule has 0 aliphatic heterocycles. The van der Waals surface area contributed by atoms with E-state index in [0.29, 0.717) is 0 Å². The summed E-state index contributed by atoms with van der Waals surface area (Å²) in [5.41, 5.74) is 0. The summed E-state index contributed by atoms with van der Waals surface area (Å²) in [6.45, 7) is 14.5. The summed E-state index contributed by atoms with van der Waals surface area (Å²) >= 11 is 0. The van der Waals surface area contributed by atoms with Crippen LogP contribution in [0.5, 0.6) is 0 Å². The van der Waals surface area contributed by atoms with Crippen LogP contribution in [0.2, 0.25) is 38.3 Å². The SMILES string of the molecule is CCCCCCCCCCC[Si](C)(C)O[Si](C)(C)CCCCCCCCC. The van der Waals surface area contributed by atoms with Gasteiger partial charge in [0.25, 0.3) is 0 Å². The zero-order valence-electron chi connectivity index (χ0n) is 20.1. The maximum atomic E-state index is 6.82. The van der Waals surface area contributed by atoms with E-state index < -0.39 is 16.6 Å². The Labute approximate surface area is 175 Å². The van der Waals surface area contributed by atoms with Gasteiger partial charge in [0.05, 0.1) is 0 Å². The van der Waals surface area contributed by atoms with Gasteiger partial charge in [-0.1, -0.05) is 117 Å². The molecule has 0 spiro atoms. The Morgan fingerprint density at radius 2 is 0.667 bits per heavy atom.